The van der Waals surface area contributed by atoms with Crippen LogP contribution in [0.25, 0.3) is 0 Å². The molecule has 2 fully saturated rings. The molecular weight excluding hydrogens is 292 g/mol. The first-order valence-electron chi connectivity index (χ1n) is 7.08. The van der Waals surface area contributed by atoms with Crippen LogP contribution in [0.4, 0.5) is 5.69 Å². The Morgan fingerprint density at radius 2 is 1.76 bits per heavy atom. The molecule has 0 atom stereocenters. The van der Waals surface area contributed by atoms with Crippen molar-refractivity contribution in [2.45, 2.75) is 17.7 Å². The fourth-order valence-corrected chi connectivity index (χ4v) is 4.42. The fourth-order valence-electron chi connectivity index (χ4n) is 2.74. The molecule has 0 aromatic heterocycles. The van der Waals surface area contributed by atoms with Crippen LogP contribution in [0.15, 0.2) is 29.2 Å². The minimum atomic E-state index is -3.77. The second kappa shape index (κ2) is 5.65. The van der Waals surface area contributed by atoms with Crippen molar-refractivity contribution in [1.29, 1.82) is 0 Å². The number of carbonyl (C=O) groups excluding carboxylic acids is 1. The van der Waals surface area contributed by atoms with Crippen LogP contribution < -0.4 is 4.90 Å². The zero-order valence-electron chi connectivity index (χ0n) is 11.7. The Morgan fingerprint density at radius 3 is 2.43 bits per heavy atom. The van der Waals surface area contributed by atoms with Crippen LogP contribution in [0.3, 0.4) is 0 Å². The van der Waals surface area contributed by atoms with Gasteiger partial charge in [0.25, 0.3) is 10.0 Å². The number of para-hydroxylation sites is 1. The molecule has 21 heavy (non-hydrogen) atoms. The van der Waals surface area contributed by atoms with Gasteiger partial charge >= 0.3 is 0 Å². The third-order valence-corrected chi connectivity index (χ3v) is 5.68. The molecule has 0 spiro atoms. The Labute approximate surface area is 124 Å². The summed E-state index contributed by atoms with van der Waals surface area (Å²) < 4.78 is 31.8. The fraction of sp³-hybridized carbons (Fsp3) is 0.500. The number of benzene rings is 1. The van der Waals surface area contributed by atoms with Crippen LogP contribution in [0, 0.1) is 0 Å². The highest BCUT2D eigenvalue weighted by atomic mass is 32.2. The van der Waals surface area contributed by atoms with Crippen LogP contribution >= 0.6 is 0 Å². The van der Waals surface area contributed by atoms with Gasteiger partial charge in [0.2, 0.25) is 5.91 Å². The van der Waals surface area contributed by atoms with Gasteiger partial charge in [0, 0.05) is 26.1 Å². The zero-order chi connectivity index (χ0) is 14.9. The maximum atomic E-state index is 12.8. The summed E-state index contributed by atoms with van der Waals surface area (Å²) >= 11 is 0. The summed E-state index contributed by atoms with van der Waals surface area (Å²) in [5.74, 6) is -0.313. The highest BCUT2D eigenvalue weighted by molar-refractivity contribution is 7.89. The average molecular weight is 310 g/mol. The number of morpholine rings is 1. The van der Waals surface area contributed by atoms with E-state index in [1.54, 1.807) is 18.2 Å². The predicted octanol–water partition coefficient (Wildman–Crippen LogP) is 0.834. The summed E-state index contributed by atoms with van der Waals surface area (Å²) in [5.41, 5.74) is 0.653. The Hall–Kier alpha value is -1.60. The second-order valence-corrected chi connectivity index (χ2v) is 6.97. The Kier molecular flexibility index (Phi) is 3.86. The molecule has 0 unspecified atom stereocenters. The number of nitrogens with zero attached hydrogens (tertiary/aromatic N) is 2. The van der Waals surface area contributed by atoms with Crippen molar-refractivity contribution in [3.63, 3.8) is 0 Å². The third kappa shape index (κ3) is 2.63. The number of ether oxygens (including phenoxy) is 1. The summed E-state index contributed by atoms with van der Waals surface area (Å²) in [6.45, 7) is 2.74. The Morgan fingerprint density at radius 1 is 1.05 bits per heavy atom. The topological polar surface area (TPSA) is 66.9 Å². The molecule has 0 aliphatic carbocycles. The average Bonchev–Trinajstić information content (AvgIpc) is 2.95. The smallest absolute Gasteiger partial charge is 0.268 e. The molecule has 2 aliphatic rings. The molecule has 1 amide bonds. The quantitative estimate of drug-likeness (QED) is 0.827. The molecule has 2 aliphatic heterocycles. The lowest BCUT2D eigenvalue weighted by Crippen LogP contribution is -2.38. The molecule has 1 aromatic rings. The van der Waals surface area contributed by atoms with Crippen LogP contribution in [-0.4, -0.2) is 51.5 Å². The van der Waals surface area contributed by atoms with Crippen molar-refractivity contribution in [3.8, 4) is 0 Å². The van der Waals surface area contributed by atoms with Gasteiger partial charge in [-0.3, -0.25) is 4.79 Å². The molecule has 114 valence electrons. The summed E-state index contributed by atoms with van der Waals surface area (Å²) in [4.78, 5) is 14.0. The monoisotopic (exact) mass is 310 g/mol. The molecule has 6 nitrogen and oxygen atoms in total. The van der Waals surface area contributed by atoms with Gasteiger partial charge in [0.15, 0.2) is 0 Å². The van der Waals surface area contributed by atoms with Gasteiger partial charge in [0.1, 0.15) is 4.90 Å². The van der Waals surface area contributed by atoms with Gasteiger partial charge in [0.05, 0.1) is 18.9 Å². The van der Waals surface area contributed by atoms with Crippen molar-refractivity contribution in [1.82, 2.24) is 4.31 Å². The van der Waals surface area contributed by atoms with E-state index in [9.17, 15) is 13.2 Å². The molecule has 0 N–H and O–H groups in total. The number of sulfonamides is 1. The van der Waals surface area contributed by atoms with Gasteiger partial charge in [-0.25, -0.2) is 12.7 Å². The number of hydrogen-bond acceptors (Lipinski definition) is 5. The van der Waals surface area contributed by atoms with Crippen molar-refractivity contribution < 1.29 is 17.9 Å². The first-order valence-corrected chi connectivity index (χ1v) is 8.52. The Bertz CT molecular complexity index is 638. The van der Waals surface area contributed by atoms with Crippen molar-refractivity contribution >= 4 is 21.6 Å². The maximum Gasteiger partial charge on any atom is 0.268 e. The summed E-state index contributed by atoms with van der Waals surface area (Å²) in [7, 11) is -3.77. The standard InChI is InChI=1S/C14H18N2O4S/c17-14-6-3-7-16(14)21(18,19)13-5-2-1-4-12(13)15-8-10-20-11-9-15/h1-2,4-5H,3,6-11H2. The van der Waals surface area contributed by atoms with Gasteiger partial charge in [-0.05, 0) is 18.6 Å². The van der Waals surface area contributed by atoms with E-state index in [-0.39, 0.29) is 17.3 Å². The zero-order valence-corrected chi connectivity index (χ0v) is 12.5. The molecular formula is C14H18N2O4S. The van der Waals surface area contributed by atoms with E-state index in [1.165, 1.54) is 0 Å². The normalized spacial score (nSPS) is 20.1. The minimum Gasteiger partial charge on any atom is -0.378 e. The number of rotatable bonds is 3. The van der Waals surface area contributed by atoms with Crippen molar-refractivity contribution in [2.75, 3.05) is 37.7 Å². The Balaban J connectivity index is 2.00. The van der Waals surface area contributed by atoms with E-state index in [4.69, 9.17) is 4.74 Å². The van der Waals surface area contributed by atoms with Gasteiger partial charge in [-0.15, -0.1) is 0 Å². The molecule has 2 heterocycles. The molecule has 1 aromatic carbocycles. The summed E-state index contributed by atoms with van der Waals surface area (Å²) in [6, 6.07) is 6.87. The van der Waals surface area contributed by atoms with Crippen LogP contribution in [0.2, 0.25) is 0 Å². The van der Waals surface area contributed by atoms with Crippen LogP contribution in [-0.2, 0) is 19.6 Å². The van der Waals surface area contributed by atoms with E-state index in [2.05, 4.69) is 0 Å². The molecule has 0 saturated carbocycles. The van der Waals surface area contributed by atoms with Crippen LogP contribution in [0.1, 0.15) is 12.8 Å². The largest absolute Gasteiger partial charge is 0.378 e. The number of amides is 1. The van der Waals surface area contributed by atoms with E-state index >= 15 is 0 Å². The number of anilines is 1. The maximum absolute atomic E-state index is 12.8. The predicted molar refractivity (Wildman–Crippen MR) is 77.6 cm³/mol. The van der Waals surface area contributed by atoms with Gasteiger partial charge in [-0.1, -0.05) is 12.1 Å². The molecule has 7 heteroatoms. The van der Waals surface area contributed by atoms with E-state index < -0.39 is 10.0 Å². The minimum absolute atomic E-state index is 0.210. The summed E-state index contributed by atoms with van der Waals surface area (Å²) in [6.07, 6.45) is 0.900. The number of carbonyl (C=O) groups is 1. The van der Waals surface area contributed by atoms with Crippen molar-refractivity contribution in [3.05, 3.63) is 24.3 Å². The lowest BCUT2D eigenvalue weighted by atomic mass is 10.2. The van der Waals surface area contributed by atoms with E-state index in [0.29, 0.717) is 44.8 Å². The second-order valence-electron chi connectivity index (χ2n) is 5.14. The van der Waals surface area contributed by atoms with Crippen LogP contribution in [0.5, 0.6) is 0 Å². The molecule has 3 rings (SSSR count). The van der Waals surface area contributed by atoms with Gasteiger partial charge < -0.3 is 9.64 Å². The van der Waals surface area contributed by atoms with Gasteiger partial charge in [-0.2, -0.15) is 0 Å². The number of hydrogen-bond donors (Lipinski definition) is 0. The third-order valence-electron chi connectivity index (χ3n) is 3.82. The SMILES string of the molecule is O=C1CCCN1S(=O)(=O)c1ccccc1N1CCOCC1. The van der Waals surface area contributed by atoms with E-state index in [1.807, 2.05) is 11.0 Å². The molecule has 0 bridgehead atoms. The molecule has 2 saturated heterocycles. The highest BCUT2D eigenvalue weighted by Gasteiger charge is 2.35. The summed E-state index contributed by atoms with van der Waals surface area (Å²) in [5, 5.41) is 0. The lowest BCUT2D eigenvalue weighted by Gasteiger charge is -2.31. The first-order chi connectivity index (χ1) is 10.1. The first kappa shape index (κ1) is 14.3. The lowest BCUT2D eigenvalue weighted by molar-refractivity contribution is -0.123. The van der Waals surface area contributed by atoms with E-state index in [0.717, 1.165) is 4.31 Å². The van der Waals surface area contributed by atoms with Crippen molar-refractivity contribution in [2.24, 2.45) is 0 Å². The highest BCUT2D eigenvalue weighted by Crippen LogP contribution is 2.30. The molecule has 0 radical (unpaired) electrons.